The maximum atomic E-state index is 8.99. The molecule has 2 rings (SSSR count). The molecule has 3 nitrogen and oxygen atoms in total. The second-order valence-electron chi connectivity index (χ2n) is 2.09. The third kappa shape index (κ3) is 0.639. The Labute approximate surface area is 57.5 Å². The van der Waals surface area contributed by atoms with Crippen molar-refractivity contribution in [2.45, 2.75) is 0 Å². The first-order chi connectivity index (χ1) is 4.86. The van der Waals surface area contributed by atoms with Gasteiger partial charge in [-0.15, -0.1) is 0 Å². The van der Waals surface area contributed by atoms with Crippen molar-refractivity contribution in [2.75, 3.05) is 0 Å². The van der Waals surface area contributed by atoms with Gasteiger partial charge in [0.2, 0.25) is 0 Å². The fourth-order valence-electron chi connectivity index (χ4n) is 0.903. The highest BCUT2D eigenvalue weighted by atomic mass is 16.3. The van der Waals surface area contributed by atoms with Crippen LogP contribution in [0.3, 0.4) is 0 Å². The van der Waals surface area contributed by atoms with Crippen LogP contribution in [0, 0.1) is 0 Å². The predicted octanol–water partition coefficient (Wildman–Crippen LogP) is 1.04. The van der Waals surface area contributed by atoms with Crippen molar-refractivity contribution >= 4 is 5.52 Å². The van der Waals surface area contributed by atoms with E-state index in [9.17, 15) is 0 Å². The molecule has 0 radical (unpaired) electrons. The normalized spacial score (nSPS) is 10.4. The van der Waals surface area contributed by atoms with Gasteiger partial charge >= 0.3 is 0 Å². The van der Waals surface area contributed by atoms with Crippen LogP contribution in [0.4, 0.5) is 0 Å². The number of hydrogen-bond acceptors (Lipinski definition) is 2. The molecule has 0 aliphatic carbocycles. The summed E-state index contributed by atoms with van der Waals surface area (Å²) in [5.41, 5.74) is 0.984. The molecule has 0 unspecified atom stereocenters. The van der Waals surface area contributed by atoms with Gasteiger partial charge in [0.1, 0.15) is 5.75 Å². The summed E-state index contributed by atoms with van der Waals surface area (Å²) in [7, 11) is 0. The highest BCUT2D eigenvalue weighted by Gasteiger charge is 1.91. The number of aromatic nitrogens is 2. The zero-order chi connectivity index (χ0) is 6.97. The van der Waals surface area contributed by atoms with E-state index >= 15 is 0 Å². The molecule has 2 heterocycles. The zero-order valence-electron chi connectivity index (χ0n) is 5.23. The van der Waals surface area contributed by atoms with Crippen molar-refractivity contribution < 1.29 is 5.11 Å². The first-order valence-electron chi connectivity index (χ1n) is 2.98. The van der Waals surface area contributed by atoms with E-state index < -0.39 is 0 Å². The van der Waals surface area contributed by atoms with Gasteiger partial charge in [-0.3, -0.25) is 0 Å². The molecule has 0 saturated carbocycles. The minimum Gasteiger partial charge on any atom is -0.506 e. The Morgan fingerprint density at radius 1 is 1.30 bits per heavy atom. The lowest BCUT2D eigenvalue weighted by atomic mass is 10.4. The van der Waals surface area contributed by atoms with Crippen molar-refractivity contribution in [1.82, 2.24) is 9.61 Å². The summed E-state index contributed by atoms with van der Waals surface area (Å²) < 4.78 is 1.62. The van der Waals surface area contributed by atoms with E-state index in [4.69, 9.17) is 5.11 Å². The van der Waals surface area contributed by atoms with Crippen LogP contribution >= 0.6 is 0 Å². The molecule has 2 aromatic rings. The lowest BCUT2D eigenvalue weighted by Gasteiger charge is -1.91. The average Bonchev–Trinajstić information content (AvgIpc) is 2.33. The lowest BCUT2D eigenvalue weighted by molar-refractivity contribution is 0.470. The van der Waals surface area contributed by atoms with Crippen LogP contribution in [0.2, 0.25) is 0 Å². The van der Waals surface area contributed by atoms with Gasteiger partial charge in [-0.25, -0.2) is 4.52 Å². The minimum absolute atomic E-state index is 0.233. The van der Waals surface area contributed by atoms with Crippen LogP contribution in [-0.2, 0) is 0 Å². The molecule has 0 spiro atoms. The van der Waals surface area contributed by atoms with Gasteiger partial charge in [-0.05, 0) is 18.2 Å². The van der Waals surface area contributed by atoms with Gasteiger partial charge in [0.15, 0.2) is 0 Å². The van der Waals surface area contributed by atoms with Crippen LogP contribution in [0.1, 0.15) is 0 Å². The van der Waals surface area contributed by atoms with Gasteiger partial charge < -0.3 is 5.11 Å². The van der Waals surface area contributed by atoms with Gasteiger partial charge in [0, 0.05) is 6.20 Å². The number of hydrogen-bond donors (Lipinski definition) is 1. The maximum Gasteiger partial charge on any atom is 0.133 e. The molecule has 0 aromatic carbocycles. The maximum absolute atomic E-state index is 8.99. The average molecular weight is 134 g/mol. The first kappa shape index (κ1) is 5.29. The number of pyridine rings is 1. The Bertz CT molecular complexity index is 353. The summed E-state index contributed by atoms with van der Waals surface area (Å²) in [6.45, 7) is 0. The molecule has 2 aromatic heterocycles. The highest BCUT2D eigenvalue weighted by Crippen LogP contribution is 2.09. The van der Waals surface area contributed by atoms with Crippen LogP contribution in [0.25, 0.3) is 5.52 Å². The standard InChI is InChI=1S/C7H6N2O/c10-7-2-1-6-3-4-8-9(6)5-7/h1-5,10H. The van der Waals surface area contributed by atoms with Crippen LogP contribution in [0.15, 0.2) is 30.6 Å². The second-order valence-corrected chi connectivity index (χ2v) is 2.09. The molecule has 0 bridgehead atoms. The molecule has 0 saturated heterocycles. The fraction of sp³-hybridized carbons (Fsp3) is 0. The summed E-state index contributed by atoms with van der Waals surface area (Å²) in [5.74, 6) is 0.233. The van der Waals surface area contributed by atoms with Gasteiger partial charge in [-0.2, -0.15) is 5.10 Å². The molecule has 50 valence electrons. The molecule has 0 amide bonds. The van der Waals surface area contributed by atoms with Crippen molar-refractivity contribution in [2.24, 2.45) is 0 Å². The van der Waals surface area contributed by atoms with E-state index in [1.807, 2.05) is 12.1 Å². The summed E-state index contributed by atoms with van der Waals surface area (Å²) in [4.78, 5) is 0. The molecule has 0 aliphatic rings. The largest absolute Gasteiger partial charge is 0.506 e. The fourth-order valence-corrected chi connectivity index (χ4v) is 0.903. The third-order valence-electron chi connectivity index (χ3n) is 1.38. The van der Waals surface area contributed by atoms with Gasteiger partial charge in [-0.1, -0.05) is 0 Å². The SMILES string of the molecule is Oc1ccc2ccnn2c1. The van der Waals surface area contributed by atoms with Crippen LogP contribution in [0.5, 0.6) is 5.75 Å². The smallest absolute Gasteiger partial charge is 0.133 e. The van der Waals surface area contributed by atoms with E-state index in [0.717, 1.165) is 5.52 Å². The summed E-state index contributed by atoms with van der Waals surface area (Å²) in [6.07, 6.45) is 3.25. The predicted molar refractivity (Wildman–Crippen MR) is 36.9 cm³/mol. The molecule has 0 aliphatic heterocycles. The summed E-state index contributed by atoms with van der Waals surface area (Å²) in [5, 5.41) is 12.9. The van der Waals surface area contributed by atoms with E-state index in [2.05, 4.69) is 5.10 Å². The van der Waals surface area contributed by atoms with E-state index in [-0.39, 0.29) is 5.75 Å². The monoisotopic (exact) mass is 134 g/mol. The highest BCUT2D eigenvalue weighted by molar-refractivity contribution is 5.46. The molecular weight excluding hydrogens is 128 g/mol. The number of rotatable bonds is 0. The quantitative estimate of drug-likeness (QED) is 0.584. The zero-order valence-corrected chi connectivity index (χ0v) is 5.23. The second kappa shape index (κ2) is 1.73. The van der Waals surface area contributed by atoms with Crippen molar-refractivity contribution in [3.63, 3.8) is 0 Å². The Morgan fingerprint density at radius 2 is 2.20 bits per heavy atom. The van der Waals surface area contributed by atoms with Crippen LogP contribution in [-0.4, -0.2) is 14.7 Å². The molecule has 0 atom stereocenters. The summed E-state index contributed by atoms with van der Waals surface area (Å²) in [6, 6.07) is 5.32. The van der Waals surface area contributed by atoms with Gasteiger partial charge in [0.05, 0.1) is 11.7 Å². The number of aromatic hydroxyl groups is 1. The van der Waals surface area contributed by atoms with Crippen molar-refractivity contribution in [3.05, 3.63) is 30.6 Å². The van der Waals surface area contributed by atoms with Gasteiger partial charge in [0.25, 0.3) is 0 Å². The number of nitrogens with zero attached hydrogens (tertiary/aromatic N) is 2. The first-order valence-corrected chi connectivity index (χ1v) is 2.98. The Morgan fingerprint density at radius 3 is 3.10 bits per heavy atom. The Hall–Kier alpha value is -1.51. The van der Waals surface area contributed by atoms with Crippen molar-refractivity contribution in [1.29, 1.82) is 0 Å². The molecule has 10 heavy (non-hydrogen) atoms. The molecule has 3 heteroatoms. The van der Waals surface area contributed by atoms with Crippen molar-refractivity contribution in [3.8, 4) is 5.75 Å². The third-order valence-corrected chi connectivity index (χ3v) is 1.38. The molecular formula is C7H6N2O. The Balaban J connectivity index is 2.86. The lowest BCUT2D eigenvalue weighted by Crippen LogP contribution is -1.83. The molecule has 1 N–H and O–H groups in total. The number of fused-ring (bicyclic) bond motifs is 1. The van der Waals surface area contributed by atoms with E-state index in [1.165, 1.54) is 0 Å². The Kier molecular flexibility index (Phi) is 0.917. The topological polar surface area (TPSA) is 37.5 Å². The van der Waals surface area contributed by atoms with E-state index in [1.54, 1.807) is 23.0 Å². The van der Waals surface area contributed by atoms with Crippen LogP contribution < -0.4 is 0 Å². The molecule has 0 fully saturated rings. The minimum atomic E-state index is 0.233. The summed E-state index contributed by atoms with van der Waals surface area (Å²) >= 11 is 0. The van der Waals surface area contributed by atoms with E-state index in [0.29, 0.717) is 0 Å².